The van der Waals surface area contributed by atoms with Crippen molar-refractivity contribution in [2.75, 3.05) is 44.8 Å². The molecule has 0 saturated carbocycles. The maximum atomic E-state index is 13.0. The summed E-state index contributed by atoms with van der Waals surface area (Å²) in [6.45, 7) is 5.51. The van der Waals surface area contributed by atoms with E-state index in [1.54, 1.807) is 14.0 Å². The predicted molar refractivity (Wildman–Crippen MR) is 83.5 cm³/mol. The molecule has 1 aromatic heterocycles. The van der Waals surface area contributed by atoms with Gasteiger partial charge in [-0.25, -0.2) is 14.4 Å². The molecule has 3 rings (SSSR count). The van der Waals surface area contributed by atoms with Gasteiger partial charge >= 0.3 is 0 Å². The van der Waals surface area contributed by atoms with Crippen LogP contribution in [0.25, 0.3) is 0 Å². The van der Waals surface area contributed by atoms with Crippen LogP contribution in [0.1, 0.15) is 19.8 Å². The molecule has 0 aliphatic carbocycles. The minimum absolute atomic E-state index is 0.109. The molecule has 0 unspecified atom stereocenters. The largest absolute Gasteiger partial charge is 0.384 e. The van der Waals surface area contributed by atoms with Crippen molar-refractivity contribution >= 4 is 11.9 Å². The molecule has 2 aliphatic heterocycles. The van der Waals surface area contributed by atoms with Crippen molar-refractivity contribution in [3.05, 3.63) is 18.2 Å². The Balaban J connectivity index is 1.70. The molecule has 0 radical (unpaired) electrons. The number of aromatic nitrogens is 2. The Morgan fingerprint density at radius 3 is 2.61 bits per heavy atom. The molecule has 2 aliphatic rings. The van der Waals surface area contributed by atoms with Crippen LogP contribution < -0.4 is 4.90 Å². The van der Waals surface area contributed by atoms with Crippen LogP contribution >= 0.6 is 0 Å². The number of nitrogens with zero attached hydrogens (tertiary/aromatic N) is 4. The summed E-state index contributed by atoms with van der Waals surface area (Å²) in [5.41, 5.74) is 0.109. The maximum absolute atomic E-state index is 13.0. The van der Waals surface area contributed by atoms with E-state index in [9.17, 15) is 9.18 Å². The van der Waals surface area contributed by atoms with E-state index in [0.29, 0.717) is 18.5 Å². The summed E-state index contributed by atoms with van der Waals surface area (Å²) >= 11 is 0. The molecule has 1 amide bonds. The highest BCUT2D eigenvalue weighted by atomic mass is 19.1. The van der Waals surface area contributed by atoms with Crippen molar-refractivity contribution in [1.82, 2.24) is 14.9 Å². The van der Waals surface area contributed by atoms with Crippen LogP contribution in [0.2, 0.25) is 0 Å². The summed E-state index contributed by atoms with van der Waals surface area (Å²) in [4.78, 5) is 23.9. The van der Waals surface area contributed by atoms with Gasteiger partial charge in [0.05, 0.1) is 19.0 Å². The van der Waals surface area contributed by atoms with E-state index in [0.717, 1.165) is 39.0 Å². The highest BCUT2D eigenvalue weighted by Gasteiger charge is 2.48. The number of ether oxygens (including phenoxy) is 1. The lowest BCUT2D eigenvalue weighted by Gasteiger charge is -2.42. The first-order valence-electron chi connectivity index (χ1n) is 8.01. The normalized spacial score (nSPS) is 23.5. The van der Waals surface area contributed by atoms with E-state index in [2.05, 4.69) is 14.9 Å². The molecule has 2 fully saturated rings. The van der Waals surface area contributed by atoms with E-state index >= 15 is 0 Å². The second-order valence-electron chi connectivity index (χ2n) is 6.60. The summed E-state index contributed by atoms with van der Waals surface area (Å²) in [6, 6.07) is 0. The summed E-state index contributed by atoms with van der Waals surface area (Å²) in [7, 11) is 1.71. The van der Waals surface area contributed by atoms with Crippen molar-refractivity contribution in [2.24, 2.45) is 11.3 Å². The van der Waals surface area contributed by atoms with E-state index < -0.39 is 5.82 Å². The van der Waals surface area contributed by atoms with Gasteiger partial charge in [-0.2, -0.15) is 0 Å². The van der Waals surface area contributed by atoms with Gasteiger partial charge in [0, 0.05) is 46.1 Å². The average Bonchev–Trinajstić information content (AvgIpc) is 2.88. The number of methoxy groups -OCH3 is 1. The fourth-order valence-electron chi connectivity index (χ4n) is 3.89. The molecule has 1 spiro atoms. The zero-order valence-electron chi connectivity index (χ0n) is 13.7. The fraction of sp³-hybridized carbons (Fsp3) is 0.688. The van der Waals surface area contributed by atoms with Crippen LogP contribution in [0.5, 0.6) is 0 Å². The zero-order valence-corrected chi connectivity index (χ0v) is 13.7. The van der Waals surface area contributed by atoms with Crippen LogP contribution in [0.15, 0.2) is 12.4 Å². The lowest BCUT2D eigenvalue weighted by Crippen LogP contribution is -2.46. The van der Waals surface area contributed by atoms with Gasteiger partial charge in [-0.3, -0.25) is 4.79 Å². The van der Waals surface area contributed by atoms with Crippen molar-refractivity contribution in [1.29, 1.82) is 0 Å². The van der Waals surface area contributed by atoms with E-state index in [-0.39, 0.29) is 11.3 Å². The van der Waals surface area contributed by atoms with Gasteiger partial charge in [-0.15, -0.1) is 0 Å². The molecule has 6 nitrogen and oxygen atoms in total. The van der Waals surface area contributed by atoms with Gasteiger partial charge in [0.15, 0.2) is 5.82 Å². The lowest BCUT2D eigenvalue weighted by atomic mass is 9.71. The third-order valence-electron chi connectivity index (χ3n) is 5.27. The number of carbonyl (C=O) groups excluding carboxylic acids is 1. The van der Waals surface area contributed by atoms with Crippen molar-refractivity contribution in [2.45, 2.75) is 19.8 Å². The minimum Gasteiger partial charge on any atom is -0.384 e. The van der Waals surface area contributed by atoms with Crippen LogP contribution in [0.4, 0.5) is 10.3 Å². The quantitative estimate of drug-likeness (QED) is 0.840. The van der Waals surface area contributed by atoms with Crippen molar-refractivity contribution in [3.63, 3.8) is 0 Å². The molecule has 7 heteroatoms. The fourth-order valence-corrected chi connectivity index (χ4v) is 3.89. The highest BCUT2D eigenvalue weighted by Crippen LogP contribution is 2.45. The molecule has 1 atom stereocenters. The molecule has 3 heterocycles. The van der Waals surface area contributed by atoms with Crippen molar-refractivity contribution in [3.8, 4) is 0 Å². The average molecular weight is 322 g/mol. The van der Waals surface area contributed by atoms with Crippen LogP contribution in [0, 0.1) is 17.2 Å². The van der Waals surface area contributed by atoms with Gasteiger partial charge in [0.25, 0.3) is 0 Å². The van der Waals surface area contributed by atoms with Gasteiger partial charge in [-0.05, 0) is 18.3 Å². The maximum Gasteiger partial charge on any atom is 0.225 e. The SMILES string of the molecule is COC[C@H]1CN(C(C)=O)CC12CCN(c1ncc(F)cn1)CC2. The van der Waals surface area contributed by atoms with Gasteiger partial charge < -0.3 is 14.5 Å². The zero-order chi connectivity index (χ0) is 16.4. The van der Waals surface area contributed by atoms with Crippen LogP contribution in [0.3, 0.4) is 0 Å². The third kappa shape index (κ3) is 3.15. The lowest BCUT2D eigenvalue weighted by molar-refractivity contribution is -0.128. The summed E-state index contributed by atoms with van der Waals surface area (Å²) in [6.07, 6.45) is 4.33. The van der Waals surface area contributed by atoms with E-state index in [1.165, 1.54) is 12.4 Å². The predicted octanol–water partition coefficient (Wildman–Crippen LogP) is 1.33. The summed E-state index contributed by atoms with van der Waals surface area (Å²) < 4.78 is 18.3. The highest BCUT2D eigenvalue weighted by molar-refractivity contribution is 5.73. The van der Waals surface area contributed by atoms with E-state index in [4.69, 9.17) is 4.74 Å². The number of anilines is 1. The standard InChI is InChI=1S/C16H23FN4O2/c1-12(22)21-9-13(10-23-2)16(11-21)3-5-20(6-4-16)15-18-7-14(17)8-19-15/h7-8,13H,3-6,9-11H2,1-2H3/t13-/m1/s1. The Hall–Kier alpha value is -1.76. The molecule has 1 aromatic rings. The van der Waals surface area contributed by atoms with Gasteiger partial charge in [-0.1, -0.05) is 0 Å². The molecular weight excluding hydrogens is 299 g/mol. The van der Waals surface area contributed by atoms with Crippen LogP contribution in [-0.4, -0.2) is 60.7 Å². The second-order valence-corrected chi connectivity index (χ2v) is 6.60. The first kappa shape index (κ1) is 16.1. The summed E-state index contributed by atoms with van der Waals surface area (Å²) in [5.74, 6) is 0.654. The first-order chi connectivity index (χ1) is 11.0. The number of halogens is 1. The minimum atomic E-state index is -0.421. The number of carbonyl (C=O) groups is 1. The summed E-state index contributed by atoms with van der Waals surface area (Å²) in [5, 5.41) is 0. The Morgan fingerprint density at radius 2 is 2.04 bits per heavy atom. The van der Waals surface area contributed by atoms with Gasteiger partial charge in [0.1, 0.15) is 0 Å². The first-order valence-corrected chi connectivity index (χ1v) is 8.01. The molecule has 0 aromatic carbocycles. The molecule has 2 saturated heterocycles. The topological polar surface area (TPSA) is 58.6 Å². The monoisotopic (exact) mass is 322 g/mol. The number of amides is 1. The van der Waals surface area contributed by atoms with Crippen LogP contribution in [-0.2, 0) is 9.53 Å². The van der Waals surface area contributed by atoms with Crippen molar-refractivity contribution < 1.29 is 13.9 Å². The Morgan fingerprint density at radius 1 is 1.39 bits per heavy atom. The second kappa shape index (κ2) is 6.39. The number of hydrogen-bond donors (Lipinski definition) is 0. The molecule has 23 heavy (non-hydrogen) atoms. The smallest absolute Gasteiger partial charge is 0.225 e. The Bertz CT molecular complexity index is 558. The van der Waals surface area contributed by atoms with Gasteiger partial charge in [0.2, 0.25) is 11.9 Å². The number of hydrogen-bond acceptors (Lipinski definition) is 5. The van der Waals surface area contributed by atoms with E-state index in [1.807, 2.05) is 4.90 Å². The Kier molecular flexibility index (Phi) is 4.48. The number of piperidine rings is 1. The molecule has 126 valence electrons. The number of rotatable bonds is 3. The molecule has 0 bridgehead atoms. The number of likely N-dealkylation sites (tertiary alicyclic amines) is 1. The molecular formula is C16H23FN4O2. The third-order valence-corrected chi connectivity index (χ3v) is 5.27. The molecule has 0 N–H and O–H groups in total. The Labute approximate surface area is 135 Å².